The summed E-state index contributed by atoms with van der Waals surface area (Å²) < 4.78 is 10.8. The van der Waals surface area contributed by atoms with Crippen LogP contribution < -0.4 is 20.9 Å². The van der Waals surface area contributed by atoms with E-state index >= 15 is 0 Å². The van der Waals surface area contributed by atoms with Crippen molar-refractivity contribution in [2.45, 2.75) is 65.1 Å². The number of morpholine rings is 1. The van der Waals surface area contributed by atoms with Gasteiger partial charge >= 0.3 is 6.09 Å². The Labute approximate surface area is 193 Å². The molecule has 0 bridgehead atoms. The van der Waals surface area contributed by atoms with Crippen molar-refractivity contribution in [2.24, 2.45) is 4.99 Å². The molecule has 1 aromatic rings. The van der Waals surface area contributed by atoms with Crippen LogP contribution in [0.5, 0.6) is 0 Å². The highest BCUT2D eigenvalue weighted by molar-refractivity contribution is 5.80. The molecule has 1 atom stereocenters. The molecule has 1 aliphatic heterocycles. The Kier molecular flexibility index (Phi) is 10.6. The number of anilines is 1. The first-order chi connectivity index (χ1) is 15.3. The highest BCUT2D eigenvalue weighted by atomic mass is 16.6. The molecule has 0 spiro atoms. The van der Waals surface area contributed by atoms with Gasteiger partial charge in [-0.3, -0.25) is 4.99 Å². The molecule has 1 aromatic carbocycles. The van der Waals surface area contributed by atoms with E-state index in [1.54, 1.807) is 7.05 Å². The number of hydrogen-bond donors (Lipinski definition) is 3. The van der Waals surface area contributed by atoms with Crippen LogP contribution in [0.1, 0.15) is 52.5 Å². The van der Waals surface area contributed by atoms with Crippen molar-refractivity contribution < 1.29 is 14.3 Å². The average Bonchev–Trinajstić information content (AvgIpc) is 2.77. The summed E-state index contributed by atoms with van der Waals surface area (Å²) in [7, 11) is 1.76. The molecule has 1 heterocycles. The molecule has 1 fully saturated rings. The quantitative estimate of drug-likeness (QED) is 0.398. The van der Waals surface area contributed by atoms with Crippen LogP contribution in [-0.4, -0.2) is 63.6 Å². The minimum absolute atomic E-state index is 0.0670. The third kappa shape index (κ3) is 9.77. The second kappa shape index (κ2) is 13.2. The molecule has 2 rings (SSSR count). The van der Waals surface area contributed by atoms with Crippen LogP contribution in [0, 0.1) is 0 Å². The standard InChI is InChI=1S/C24H41N5O3/c1-6-7-8-20(18-27-23(30)32-24(2,3)4)28-22(25-5)26-17-19-9-11-21(12-10-19)29-13-15-31-16-14-29/h9-12,20H,6-8,13-18H2,1-5H3,(H,27,30)(H2,25,26,28). The molecule has 8 heteroatoms. The van der Waals surface area contributed by atoms with Gasteiger partial charge in [0.1, 0.15) is 5.60 Å². The number of rotatable bonds is 9. The lowest BCUT2D eigenvalue weighted by Crippen LogP contribution is -2.48. The van der Waals surface area contributed by atoms with Crippen molar-refractivity contribution in [1.82, 2.24) is 16.0 Å². The largest absolute Gasteiger partial charge is 0.444 e. The molecule has 0 saturated carbocycles. The summed E-state index contributed by atoms with van der Waals surface area (Å²) in [6, 6.07) is 8.67. The summed E-state index contributed by atoms with van der Waals surface area (Å²) >= 11 is 0. The molecule has 8 nitrogen and oxygen atoms in total. The van der Waals surface area contributed by atoms with E-state index in [2.05, 4.69) is 57.0 Å². The molecular formula is C24H41N5O3. The van der Waals surface area contributed by atoms with Crippen LogP contribution in [0.15, 0.2) is 29.3 Å². The number of ether oxygens (including phenoxy) is 2. The Morgan fingerprint density at radius 1 is 1.19 bits per heavy atom. The van der Waals surface area contributed by atoms with Crippen LogP contribution in [0.25, 0.3) is 0 Å². The predicted molar refractivity (Wildman–Crippen MR) is 130 cm³/mol. The van der Waals surface area contributed by atoms with Gasteiger partial charge < -0.3 is 30.3 Å². The van der Waals surface area contributed by atoms with Gasteiger partial charge in [-0.1, -0.05) is 31.9 Å². The van der Waals surface area contributed by atoms with Gasteiger partial charge in [0.15, 0.2) is 5.96 Å². The van der Waals surface area contributed by atoms with Crippen molar-refractivity contribution in [2.75, 3.05) is 44.8 Å². The number of alkyl carbamates (subject to hydrolysis) is 1. The van der Waals surface area contributed by atoms with Gasteiger partial charge in [0, 0.05) is 45.0 Å². The first kappa shape index (κ1) is 25.8. The summed E-state index contributed by atoms with van der Waals surface area (Å²) in [6.45, 7) is 12.3. The summed E-state index contributed by atoms with van der Waals surface area (Å²) in [4.78, 5) is 18.7. The Balaban J connectivity index is 1.85. The highest BCUT2D eigenvalue weighted by Gasteiger charge is 2.18. The number of benzene rings is 1. The molecule has 0 aromatic heterocycles. The Morgan fingerprint density at radius 3 is 2.47 bits per heavy atom. The van der Waals surface area contributed by atoms with Gasteiger partial charge in [-0.05, 0) is 44.9 Å². The van der Waals surface area contributed by atoms with Crippen molar-refractivity contribution >= 4 is 17.7 Å². The Morgan fingerprint density at radius 2 is 1.88 bits per heavy atom. The maximum atomic E-state index is 12.0. The molecule has 1 aliphatic rings. The first-order valence-corrected chi connectivity index (χ1v) is 11.7. The van der Waals surface area contributed by atoms with Gasteiger partial charge in [0.25, 0.3) is 0 Å². The summed E-state index contributed by atoms with van der Waals surface area (Å²) in [6.07, 6.45) is 2.69. The second-order valence-corrected chi connectivity index (χ2v) is 9.06. The van der Waals surface area contributed by atoms with Crippen molar-refractivity contribution in [3.63, 3.8) is 0 Å². The summed E-state index contributed by atoms with van der Waals surface area (Å²) in [5.74, 6) is 0.717. The molecular weight excluding hydrogens is 406 g/mol. The zero-order chi connectivity index (χ0) is 23.4. The van der Waals surface area contributed by atoms with Crippen molar-refractivity contribution in [3.8, 4) is 0 Å². The molecule has 180 valence electrons. The van der Waals surface area contributed by atoms with Crippen LogP contribution in [0.3, 0.4) is 0 Å². The zero-order valence-corrected chi connectivity index (χ0v) is 20.4. The number of guanidine groups is 1. The Bertz CT molecular complexity index is 709. The fourth-order valence-corrected chi connectivity index (χ4v) is 3.42. The molecule has 0 aliphatic carbocycles. The molecule has 1 unspecified atom stereocenters. The fraction of sp³-hybridized carbons (Fsp3) is 0.667. The highest BCUT2D eigenvalue weighted by Crippen LogP contribution is 2.16. The smallest absolute Gasteiger partial charge is 0.407 e. The van der Waals surface area contributed by atoms with Crippen molar-refractivity contribution in [3.05, 3.63) is 29.8 Å². The van der Waals surface area contributed by atoms with Gasteiger partial charge in [-0.15, -0.1) is 0 Å². The maximum absolute atomic E-state index is 12.0. The van der Waals surface area contributed by atoms with E-state index in [1.165, 1.54) is 11.3 Å². The summed E-state index contributed by atoms with van der Waals surface area (Å²) in [5.41, 5.74) is 1.90. The van der Waals surface area contributed by atoms with Gasteiger partial charge in [0.2, 0.25) is 0 Å². The molecule has 1 amide bonds. The van der Waals surface area contributed by atoms with Crippen LogP contribution in [-0.2, 0) is 16.0 Å². The van der Waals surface area contributed by atoms with Crippen molar-refractivity contribution in [1.29, 1.82) is 0 Å². The van der Waals surface area contributed by atoms with E-state index in [1.807, 2.05) is 20.8 Å². The SMILES string of the molecule is CCCCC(CNC(=O)OC(C)(C)C)NC(=NC)NCc1ccc(N2CCOCC2)cc1. The monoisotopic (exact) mass is 447 g/mol. The number of hydrogen-bond acceptors (Lipinski definition) is 5. The van der Waals surface area contributed by atoms with E-state index in [4.69, 9.17) is 9.47 Å². The fourth-order valence-electron chi connectivity index (χ4n) is 3.42. The second-order valence-electron chi connectivity index (χ2n) is 9.06. The van der Waals surface area contributed by atoms with E-state index in [9.17, 15) is 4.79 Å². The minimum Gasteiger partial charge on any atom is -0.444 e. The maximum Gasteiger partial charge on any atom is 0.407 e. The number of nitrogens with one attached hydrogen (secondary N) is 3. The number of nitrogens with zero attached hydrogens (tertiary/aromatic N) is 2. The van der Waals surface area contributed by atoms with E-state index in [0.717, 1.165) is 45.6 Å². The minimum atomic E-state index is -0.509. The lowest BCUT2D eigenvalue weighted by atomic mass is 10.1. The lowest BCUT2D eigenvalue weighted by Gasteiger charge is -2.29. The van der Waals surface area contributed by atoms with Crippen LogP contribution in [0.4, 0.5) is 10.5 Å². The zero-order valence-electron chi connectivity index (χ0n) is 20.4. The molecule has 1 saturated heterocycles. The topological polar surface area (TPSA) is 87.2 Å². The third-order valence-corrected chi connectivity index (χ3v) is 5.13. The molecule has 0 radical (unpaired) electrons. The van der Waals surface area contributed by atoms with E-state index in [0.29, 0.717) is 19.0 Å². The predicted octanol–water partition coefficient (Wildman–Crippen LogP) is 3.27. The number of amides is 1. The van der Waals surface area contributed by atoms with Crippen LogP contribution in [0.2, 0.25) is 0 Å². The number of aliphatic imine (C=N–C) groups is 1. The average molecular weight is 448 g/mol. The van der Waals surface area contributed by atoms with E-state index < -0.39 is 11.7 Å². The number of carbonyl (C=O) groups is 1. The van der Waals surface area contributed by atoms with Gasteiger partial charge in [-0.2, -0.15) is 0 Å². The Hall–Kier alpha value is -2.48. The molecule has 3 N–H and O–H groups in total. The summed E-state index contributed by atoms with van der Waals surface area (Å²) in [5, 5.41) is 9.68. The normalized spacial score (nSPS) is 15.8. The van der Waals surface area contributed by atoms with Crippen LogP contribution >= 0.6 is 0 Å². The van der Waals surface area contributed by atoms with E-state index in [-0.39, 0.29) is 6.04 Å². The first-order valence-electron chi connectivity index (χ1n) is 11.7. The van der Waals surface area contributed by atoms with Gasteiger partial charge in [-0.25, -0.2) is 4.79 Å². The lowest BCUT2D eigenvalue weighted by molar-refractivity contribution is 0.0522. The third-order valence-electron chi connectivity index (χ3n) is 5.13. The number of unbranched alkanes of at least 4 members (excludes halogenated alkanes) is 1. The number of carbonyl (C=O) groups excluding carboxylic acids is 1. The molecule has 32 heavy (non-hydrogen) atoms. The van der Waals surface area contributed by atoms with Gasteiger partial charge in [0.05, 0.1) is 13.2 Å².